The average Bonchev–Trinajstić information content (AvgIpc) is 3.10. The summed E-state index contributed by atoms with van der Waals surface area (Å²) >= 11 is 0. The minimum Gasteiger partial charge on any atom is -0.277 e. The van der Waals surface area contributed by atoms with Gasteiger partial charge in [-0.3, -0.25) is 10.1 Å². The summed E-state index contributed by atoms with van der Waals surface area (Å²) in [4.78, 5) is 4.34. The molecule has 0 atom stereocenters. The lowest BCUT2D eigenvalue weighted by molar-refractivity contribution is -0.137. The number of rotatable bonds is 2. The van der Waals surface area contributed by atoms with Crippen LogP contribution in [0.4, 0.5) is 13.2 Å². The summed E-state index contributed by atoms with van der Waals surface area (Å²) in [6, 6.07) is 14.6. The third-order valence-corrected chi connectivity index (χ3v) is 4.08. The van der Waals surface area contributed by atoms with Crippen molar-refractivity contribution in [1.29, 1.82) is 0 Å². The molecule has 0 unspecified atom stereocenters. The largest absolute Gasteiger partial charge is 0.416 e. The van der Waals surface area contributed by atoms with Gasteiger partial charge in [0.2, 0.25) is 0 Å². The second-order valence-electron chi connectivity index (χ2n) is 5.61. The number of alkyl halides is 3. The molecule has 0 spiro atoms. The van der Waals surface area contributed by atoms with Crippen molar-refractivity contribution in [3.05, 3.63) is 72.6 Å². The van der Waals surface area contributed by atoms with Gasteiger partial charge in [-0.1, -0.05) is 30.3 Å². The zero-order valence-corrected chi connectivity index (χ0v) is 12.9. The van der Waals surface area contributed by atoms with E-state index < -0.39 is 11.7 Å². The lowest BCUT2D eigenvalue weighted by atomic mass is 9.98. The van der Waals surface area contributed by atoms with Crippen LogP contribution < -0.4 is 0 Å². The van der Waals surface area contributed by atoms with Crippen LogP contribution in [0.25, 0.3) is 33.3 Å². The zero-order chi connectivity index (χ0) is 17.4. The summed E-state index contributed by atoms with van der Waals surface area (Å²) in [7, 11) is 0. The van der Waals surface area contributed by atoms with Gasteiger partial charge in [-0.2, -0.15) is 18.3 Å². The summed E-state index contributed by atoms with van der Waals surface area (Å²) in [5.74, 6) is 0. The molecule has 3 nitrogen and oxygen atoms in total. The number of halogens is 3. The standard InChI is InChI=1S/C19H12F3N3/c20-19(21,22)13-7-5-12(6-8-13)18-16(11-24-25-18)14-9-10-23-17-4-2-1-3-15(14)17/h1-11H,(H,24,25). The highest BCUT2D eigenvalue weighted by atomic mass is 19.4. The third-order valence-electron chi connectivity index (χ3n) is 4.08. The number of hydrogen-bond donors (Lipinski definition) is 1. The second kappa shape index (κ2) is 5.73. The molecule has 0 aliphatic heterocycles. The van der Waals surface area contributed by atoms with Crippen molar-refractivity contribution >= 4 is 10.9 Å². The van der Waals surface area contributed by atoms with Gasteiger partial charge < -0.3 is 0 Å². The molecular weight excluding hydrogens is 327 g/mol. The summed E-state index contributed by atoms with van der Waals surface area (Å²) in [5, 5.41) is 7.93. The summed E-state index contributed by atoms with van der Waals surface area (Å²) in [5.41, 5.74) is 3.23. The number of aromatic amines is 1. The third kappa shape index (κ3) is 2.76. The molecule has 0 fully saturated rings. The summed E-state index contributed by atoms with van der Waals surface area (Å²) in [6.45, 7) is 0. The monoisotopic (exact) mass is 339 g/mol. The van der Waals surface area contributed by atoms with E-state index in [0.717, 1.165) is 34.2 Å². The highest BCUT2D eigenvalue weighted by Crippen LogP contribution is 2.35. The highest BCUT2D eigenvalue weighted by molar-refractivity contribution is 5.97. The molecule has 2 heterocycles. The quantitative estimate of drug-likeness (QED) is 0.538. The van der Waals surface area contributed by atoms with Crippen LogP contribution in [-0.4, -0.2) is 15.2 Å². The van der Waals surface area contributed by atoms with E-state index in [2.05, 4.69) is 15.2 Å². The molecule has 2 aromatic heterocycles. The molecule has 0 saturated carbocycles. The number of para-hydroxylation sites is 1. The van der Waals surface area contributed by atoms with Gasteiger partial charge >= 0.3 is 6.18 Å². The molecule has 0 aliphatic carbocycles. The molecule has 0 saturated heterocycles. The minimum absolute atomic E-state index is 0.640. The Bertz CT molecular complexity index is 1030. The van der Waals surface area contributed by atoms with Gasteiger partial charge in [-0.15, -0.1) is 0 Å². The summed E-state index contributed by atoms with van der Waals surface area (Å²) < 4.78 is 38.3. The number of pyridine rings is 1. The maximum atomic E-state index is 12.8. The second-order valence-corrected chi connectivity index (χ2v) is 5.61. The topological polar surface area (TPSA) is 41.6 Å². The van der Waals surface area contributed by atoms with Gasteiger partial charge in [0.15, 0.2) is 0 Å². The van der Waals surface area contributed by atoms with Crippen LogP contribution >= 0.6 is 0 Å². The Morgan fingerprint density at radius 3 is 2.36 bits per heavy atom. The highest BCUT2D eigenvalue weighted by Gasteiger charge is 2.30. The molecule has 124 valence electrons. The molecule has 0 aliphatic rings. The molecule has 0 radical (unpaired) electrons. The SMILES string of the molecule is FC(F)(F)c1ccc(-c2[nH]ncc2-c2ccnc3ccccc23)cc1. The van der Waals surface area contributed by atoms with E-state index in [1.807, 2.05) is 30.3 Å². The van der Waals surface area contributed by atoms with Crippen molar-refractivity contribution in [3.8, 4) is 22.4 Å². The van der Waals surface area contributed by atoms with Crippen LogP contribution in [0, 0.1) is 0 Å². The predicted molar refractivity (Wildman–Crippen MR) is 89.8 cm³/mol. The van der Waals surface area contributed by atoms with E-state index in [4.69, 9.17) is 0 Å². The lowest BCUT2D eigenvalue weighted by Crippen LogP contribution is -2.04. The number of nitrogens with zero attached hydrogens (tertiary/aromatic N) is 2. The zero-order valence-electron chi connectivity index (χ0n) is 12.9. The van der Waals surface area contributed by atoms with E-state index >= 15 is 0 Å². The van der Waals surface area contributed by atoms with E-state index in [-0.39, 0.29) is 0 Å². The van der Waals surface area contributed by atoms with E-state index in [9.17, 15) is 13.2 Å². The Balaban J connectivity index is 1.84. The van der Waals surface area contributed by atoms with E-state index in [1.165, 1.54) is 12.1 Å². The van der Waals surface area contributed by atoms with E-state index in [0.29, 0.717) is 11.3 Å². The Kier molecular flexibility index (Phi) is 3.53. The van der Waals surface area contributed by atoms with Crippen LogP contribution in [0.5, 0.6) is 0 Å². The number of fused-ring (bicyclic) bond motifs is 1. The maximum Gasteiger partial charge on any atom is 0.416 e. The molecule has 25 heavy (non-hydrogen) atoms. The molecule has 6 heteroatoms. The molecule has 4 aromatic rings. The molecule has 4 rings (SSSR count). The minimum atomic E-state index is -4.35. The molecule has 1 N–H and O–H groups in total. The molecule has 2 aromatic carbocycles. The number of hydrogen-bond acceptors (Lipinski definition) is 2. The molecular formula is C19H12F3N3. The Hall–Kier alpha value is -3.15. The first kappa shape index (κ1) is 15.4. The predicted octanol–water partition coefficient (Wildman–Crippen LogP) is 5.31. The van der Waals surface area contributed by atoms with Crippen molar-refractivity contribution in [1.82, 2.24) is 15.2 Å². The fraction of sp³-hybridized carbons (Fsp3) is 0.0526. The Labute approximate surface area is 141 Å². The van der Waals surface area contributed by atoms with Gasteiger partial charge in [-0.05, 0) is 29.8 Å². The van der Waals surface area contributed by atoms with Crippen LogP contribution in [0.3, 0.4) is 0 Å². The van der Waals surface area contributed by atoms with Crippen molar-refractivity contribution in [2.75, 3.05) is 0 Å². The van der Waals surface area contributed by atoms with E-state index in [1.54, 1.807) is 12.4 Å². The lowest BCUT2D eigenvalue weighted by Gasteiger charge is -2.09. The number of nitrogens with one attached hydrogen (secondary N) is 1. The first-order chi connectivity index (χ1) is 12.0. The van der Waals surface area contributed by atoms with Gasteiger partial charge in [0, 0.05) is 22.7 Å². The fourth-order valence-electron chi connectivity index (χ4n) is 2.87. The van der Waals surface area contributed by atoms with Crippen LogP contribution in [0.15, 0.2) is 67.0 Å². The summed E-state index contributed by atoms with van der Waals surface area (Å²) in [6.07, 6.45) is -0.966. The van der Waals surface area contributed by atoms with Crippen molar-refractivity contribution in [2.45, 2.75) is 6.18 Å². The number of H-pyrrole nitrogens is 1. The van der Waals surface area contributed by atoms with Gasteiger partial charge in [-0.25, -0.2) is 0 Å². The Morgan fingerprint density at radius 1 is 0.840 bits per heavy atom. The van der Waals surface area contributed by atoms with Crippen molar-refractivity contribution in [2.24, 2.45) is 0 Å². The van der Waals surface area contributed by atoms with Crippen molar-refractivity contribution in [3.63, 3.8) is 0 Å². The Morgan fingerprint density at radius 2 is 1.60 bits per heavy atom. The van der Waals surface area contributed by atoms with Gasteiger partial charge in [0.05, 0.1) is 23.0 Å². The van der Waals surface area contributed by atoms with Gasteiger partial charge in [0.1, 0.15) is 0 Å². The first-order valence-corrected chi connectivity index (χ1v) is 7.59. The maximum absolute atomic E-state index is 12.8. The van der Waals surface area contributed by atoms with Crippen molar-refractivity contribution < 1.29 is 13.2 Å². The smallest absolute Gasteiger partial charge is 0.277 e. The van der Waals surface area contributed by atoms with Gasteiger partial charge in [0.25, 0.3) is 0 Å². The van der Waals surface area contributed by atoms with Crippen LogP contribution in [0.2, 0.25) is 0 Å². The fourth-order valence-corrected chi connectivity index (χ4v) is 2.87. The molecule has 0 amide bonds. The normalized spacial score (nSPS) is 11.8. The first-order valence-electron chi connectivity index (χ1n) is 7.59. The average molecular weight is 339 g/mol. The molecule has 0 bridgehead atoms. The number of aromatic nitrogens is 3. The number of benzene rings is 2. The van der Waals surface area contributed by atoms with Crippen LogP contribution in [-0.2, 0) is 6.18 Å². The van der Waals surface area contributed by atoms with Crippen LogP contribution in [0.1, 0.15) is 5.56 Å².